The molecule has 0 amide bonds. The molecule has 112 valence electrons. The van der Waals surface area contributed by atoms with E-state index in [1.807, 2.05) is 30.3 Å². The highest BCUT2D eigenvalue weighted by Crippen LogP contribution is 2.27. The Hall–Kier alpha value is -2.33. The van der Waals surface area contributed by atoms with Crippen LogP contribution in [-0.2, 0) is 6.42 Å². The van der Waals surface area contributed by atoms with Crippen LogP contribution in [0.15, 0.2) is 47.8 Å². The van der Waals surface area contributed by atoms with Crippen molar-refractivity contribution in [3.8, 4) is 17.0 Å². The van der Waals surface area contributed by atoms with Gasteiger partial charge >= 0.3 is 0 Å². The number of anilines is 1. The Morgan fingerprint density at radius 3 is 2.64 bits per heavy atom. The highest BCUT2D eigenvalue weighted by atomic mass is 32.1. The van der Waals surface area contributed by atoms with Crippen molar-refractivity contribution >= 4 is 17.0 Å². The average Bonchev–Trinajstić information content (AvgIpc) is 2.97. The molecule has 0 saturated carbocycles. The van der Waals surface area contributed by atoms with Gasteiger partial charge in [-0.3, -0.25) is 0 Å². The number of aromatic nitrogens is 1. The van der Waals surface area contributed by atoms with Crippen molar-refractivity contribution < 1.29 is 4.74 Å². The van der Waals surface area contributed by atoms with Gasteiger partial charge in [-0.05, 0) is 25.1 Å². The lowest BCUT2D eigenvalue weighted by Gasteiger charge is -2.07. The Morgan fingerprint density at radius 1 is 1.14 bits per heavy atom. The fourth-order valence-corrected chi connectivity index (χ4v) is 3.21. The number of nitrogen functional groups attached to an aromatic ring is 1. The third-order valence-corrected chi connectivity index (χ3v) is 4.38. The molecule has 0 atom stereocenters. The highest BCUT2D eigenvalue weighted by molar-refractivity contribution is 7.10. The van der Waals surface area contributed by atoms with Gasteiger partial charge in [-0.15, -0.1) is 11.3 Å². The van der Waals surface area contributed by atoms with Crippen molar-refractivity contribution in [3.63, 3.8) is 0 Å². The molecule has 0 spiro atoms. The minimum Gasteiger partial charge on any atom is -0.496 e. The largest absolute Gasteiger partial charge is 0.496 e. The van der Waals surface area contributed by atoms with E-state index in [-0.39, 0.29) is 0 Å². The lowest BCUT2D eigenvalue weighted by atomic mass is 10.1. The Balaban J connectivity index is 1.85. The quantitative estimate of drug-likeness (QED) is 0.731. The normalized spacial score (nSPS) is 10.6. The van der Waals surface area contributed by atoms with Crippen molar-refractivity contribution in [1.29, 1.82) is 0 Å². The Kier molecular flexibility index (Phi) is 4.11. The van der Waals surface area contributed by atoms with Gasteiger partial charge in [0.25, 0.3) is 0 Å². The maximum atomic E-state index is 5.73. The fourth-order valence-electron chi connectivity index (χ4n) is 2.39. The van der Waals surface area contributed by atoms with Crippen LogP contribution >= 0.6 is 11.3 Å². The van der Waals surface area contributed by atoms with Crippen LogP contribution in [0.5, 0.6) is 5.75 Å². The summed E-state index contributed by atoms with van der Waals surface area (Å²) in [6.45, 7) is 2.09. The monoisotopic (exact) mass is 310 g/mol. The summed E-state index contributed by atoms with van der Waals surface area (Å²) in [7, 11) is 1.70. The fraction of sp³-hybridized carbons (Fsp3) is 0.167. The summed E-state index contributed by atoms with van der Waals surface area (Å²) in [5.41, 5.74) is 11.0. The molecule has 0 bridgehead atoms. The minimum absolute atomic E-state index is 0.767. The van der Waals surface area contributed by atoms with E-state index in [0.717, 1.165) is 34.1 Å². The van der Waals surface area contributed by atoms with Gasteiger partial charge in [-0.25, -0.2) is 4.98 Å². The summed E-state index contributed by atoms with van der Waals surface area (Å²) in [4.78, 5) is 4.73. The van der Waals surface area contributed by atoms with E-state index in [0.29, 0.717) is 0 Å². The van der Waals surface area contributed by atoms with Crippen molar-refractivity contribution in [2.75, 3.05) is 12.8 Å². The predicted molar refractivity (Wildman–Crippen MR) is 92.5 cm³/mol. The number of hydrogen-bond donors (Lipinski definition) is 1. The molecule has 1 aromatic heterocycles. The number of nitrogens with two attached hydrogens (primary N) is 1. The summed E-state index contributed by atoms with van der Waals surface area (Å²) < 4.78 is 5.44. The van der Waals surface area contributed by atoms with Crippen molar-refractivity contribution in [2.45, 2.75) is 13.3 Å². The topological polar surface area (TPSA) is 48.1 Å². The zero-order valence-corrected chi connectivity index (χ0v) is 13.5. The van der Waals surface area contributed by atoms with Gasteiger partial charge in [0.2, 0.25) is 0 Å². The first-order valence-electron chi connectivity index (χ1n) is 7.09. The zero-order chi connectivity index (χ0) is 15.5. The molecule has 0 fully saturated rings. The molecule has 3 rings (SSSR count). The average molecular weight is 310 g/mol. The predicted octanol–water partition coefficient (Wildman–Crippen LogP) is 4.30. The number of aryl methyl sites for hydroxylation is 1. The third kappa shape index (κ3) is 3.12. The number of hydrogen-bond acceptors (Lipinski definition) is 4. The summed E-state index contributed by atoms with van der Waals surface area (Å²) in [5, 5.41) is 3.17. The smallest absolute Gasteiger partial charge is 0.122 e. The molecule has 3 aromatic rings. The van der Waals surface area contributed by atoms with E-state index in [4.69, 9.17) is 15.5 Å². The molecule has 1 heterocycles. The molecular formula is C18H18N2OS. The summed E-state index contributed by atoms with van der Waals surface area (Å²) >= 11 is 1.67. The van der Waals surface area contributed by atoms with Crippen LogP contribution in [0, 0.1) is 6.92 Å². The van der Waals surface area contributed by atoms with E-state index >= 15 is 0 Å². The third-order valence-electron chi connectivity index (χ3n) is 3.54. The lowest BCUT2D eigenvalue weighted by Crippen LogP contribution is -1.94. The first kappa shape index (κ1) is 14.6. The Labute approximate surface area is 134 Å². The van der Waals surface area contributed by atoms with Crippen molar-refractivity contribution in [2.24, 2.45) is 0 Å². The van der Waals surface area contributed by atoms with Crippen LogP contribution in [0.3, 0.4) is 0 Å². The Bertz CT molecular complexity index is 778. The minimum atomic E-state index is 0.767. The second-order valence-corrected chi connectivity index (χ2v) is 6.18. The standard InChI is InChI=1S/C18H18N2OS/c1-12-3-8-17(21-2)14(9-12)10-18-20-16(11-22-18)13-4-6-15(19)7-5-13/h3-9,11H,10,19H2,1-2H3. The van der Waals surface area contributed by atoms with Gasteiger partial charge in [0.05, 0.1) is 17.8 Å². The van der Waals surface area contributed by atoms with E-state index in [9.17, 15) is 0 Å². The molecule has 0 aliphatic heterocycles. The molecule has 2 aromatic carbocycles. The molecule has 0 aliphatic rings. The van der Waals surface area contributed by atoms with Gasteiger partial charge < -0.3 is 10.5 Å². The summed E-state index contributed by atoms with van der Waals surface area (Å²) in [5.74, 6) is 0.912. The highest BCUT2D eigenvalue weighted by Gasteiger charge is 2.09. The van der Waals surface area contributed by atoms with Gasteiger partial charge in [0.15, 0.2) is 0 Å². The first-order valence-corrected chi connectivity index (χ1v) is 7.97. The molecule has 0 unspecified atom stereocenters. The van der Waals surface area contributed by atoms with Gasteiger partial charge in [-0.2, -0.15) is 0 Å². The van der Waals surface area contributed by atoms with Crippen molar-refractivity contribution in [3.05, 3.63) is 64.0 Å². The van der Waals surface area contributed by atoms with Crippen LogP contribution in [0.4, 0.5) is 5.69 Å². The van der Waals surface area contributed by atoms with Crippen LogP contribution in [0.25, 0.3) is 11.3 Å². The summed E-state index contributed by atoms with van der Waals surface area (Å²) in [6, 6.07) is 14.0. The number of benzene rings is 2. The zero-order valence-electron chi connectivity index (χ0n) is 12.7. The van der Waals surface area contributed by atoms with Crippen LogP contribution in [-0.4, -0.2) is 12.1 Å². The first-order chi connectivity index (χ1) is 10.7. The number of methoxy groups -OCH3 is 1. The van der Waals surface area contributed by atoms with E-state index in [2.05, 4.69) is 24.4 Å². The second kappa shape index (κ2) is 6.20. The summed E-state index contributed by atoms with van der Waals surface area (Å²) in [6.07, 6.45) is 0.782. The second-order valence-electron chi connectivity index (χ2n) is 5.24. The van der Waals surface area contributed by atoms with Crippen LogP contribution in [0.2, 0.25) is 0 Å². The van der Waals surface area contributed by atoms with E-state index in [1.165, 1.54) is 11.1 Å². The van der Waals surface area contributed by atoms with Crippen LogP contribution < -0.4 is 10.5 Å². The molecule has 0 radical (unpaired) electrons. The lowest BCUT2D eigenvalue weighted by molar-refractivity contribution is 0.410. The number of thiazole rings is 1. The molecule has 2 N–H and O–H groups in total. The van der Waals surface area contributed by atoms with Gasteiger partial charge in [-0.1, -0.05) is 29.8 Å². The number of rotatable bonds is 4. The van der Waals surface area contributed by atoms with Crippen molar-refractivity contribution in [1.82, 2.24) is 4.98 Å². The molecule has 0 aliphatic carbocycles. The van der Waals surface area contributed by atoms with E-state index in [1.54, 1.807) is 18.4 Å². The number of ether oxygens (including phenoxy) is 1. The molecule has 22 heavy (non-hydrogen) atoms. The van der Waals surface area contributed by atoms with Crippen LogP contribution in [0.1, 0.15) is 16.1 Å². The number of nitrogens with zero attached hydrogens (tertiary/aromatic N) is 1. The van der Waals surface area contributed by atoms with Gasteiger partial charge in [0.1, 0.15) is 5.75 Å². The molecule has 4 heteroatoms. The van der Waals surface area contributed by atoms with E-state index < -0.39 is 0 Å². The SMILES string of the molecule is COc1ccc(C)cc1Cc1nc(-c2ccc(N)cc2)cs1. The molecule has 0 saturated heterocycles. The maximum Gasteiger partial charge on any atom is 0.122 e. The Morgan fingerprint density at radius 2 is 1.91 bits per heavy atom. The molecular weight excluding hydrogens is 292 g/mol. The molecule has 3 nitrogen and oxygen atoms in total. The van der Waals surface area contributed by atoms with Gasteiger partial charge in [0, 0.05) is 28.6 Å². The maximum absolute atomic E-state index is 5.73.